The molecule has 0 radical (unpaired) electrons. The van der Waals surface area contributed by atoms with Crippen LogP contribution in [0.3, 0.4) is 0 Å². The summed E-state index contributed by atoms with van der Waals surface area (Å²) in [5.41, 5.74) is 3.23. The van der Waals surface area contributed by atoms with Gasteiger partial charge in [0, 0.05) is 29.0 Å². The van der Waals surface area contributed by atoms with Gasteiger partial charge in [-0.2, -0.15) is 5.26 Å². The standard InChI is InChI=1S/C25H18N4O3/c1-16(24(30)28-19-6-4-5-17(13-19)15-26)32-25(31)21-14-23(18-9-11-27-12-10-18)29-22-8-3-2-7-20(21)22/h2-14,16H,1H3,(H,28,30)/t16-/m1/s1. The zero-order valence-electron chi connectivity index (χ0n) is 17.1. The lowest BCUT2D eigenvalue weighted by molar-refractivity contribution is -0.123. The largest absolute Gasteiger partial charge is 0.449 e. The highest BCUT2D eigenvalue weighted by atomic mass is 16.5. The molecule has 1 atom stereocenters. The van der Waals surface area contributed by atoms with Crippen LogP contribution in [0.25, 0.3) is 22.2 Å². The number of fused-ring (bicyclic) bond motifs is 1. The minimum Gasteiger partial charge on any atom is -0.449 e. The first-order valence-electron chi connectivity index (χ1n) is 9.87. The van der Waals surface area contributed by atoms with Gasteiger partial charge < -0.3 is 10.1 Å². The molecule has 0 saturated heterocycles. The number of nitrogens with one attached hydrogen (secondary N) is 1. The number of ether oxygens (including phenoxy) is 1. The molecule has 4 aromatic rings. The van der Waals surface area contributed by atoms with E-state index in [1.807, 2.05) is 24.3 Å². The number of nitrogens with zero attached hydrogens (tertiary/aromatic N) is 3. The van der Waals surface area contributed by atoms with Crippen LogP contribution in [0.15, 0.2) is 79.1 Å². The van der Waals surface area contributed by atoms with Gasteiger partial charge >= 0.3 is 5.97 Å². The molecule has 1 amide bonds. The number of hydrogen-bond acceptors (Lipinski definition) is 6. The lowest BCUT2D eigenvalue weighted by atomic mass is 10.0. The number of para-hydroxylation sites is 1. The minimum absolute atomic E-state index is 0.313. The molecule has 4 rings (SSSR count). The Bertz CT molecular complexity index is 1350. The number of anilines is 1. The smallest absolute Gasteiger partial charge is 0.339 e. The molecule has 2 aromatic carbocycles. The van der Waals surface area contributed by atoms with Gasteiger partial charge in [0.1, 0.15) is 0 Å². The molecular weight excluding hydrogens is 404 g/mol. The number of carbonyl (C=O) groups is 2. The molecule has 2 heterocycles. The molecule has 0 aliphatic heterocycles. The van der Waals surface area contributed by atoms with Gasteiger partial charge in [0.25, 0.3) is 5.91 Å². The maximum atomic E-state index is 13.0. The molecular formula is C25H18N4O3. The summed E-state index contributed by atoms with van der Waals surface area (Å²) in [6, 6.07) is 21.0. The van der Waals surface area contributed by atoms with Gasteiger partial charge in [0.15, 0.2) is 6.10 Å². The lowest BCUT2D eigenvalue weighted by Gasteiger charge is -2.15. The van der Waals surface area contributed by atoms with E-state index in [0.29, 0.717) is 33.4 Å². The molecule has 0 fully saturated rings. The van der Waals surface area contributed by atoms with Crippen LogP contribution in [0.5, 0.6) is 0 Å². The van der Waals surface area contributed by atoms with Gasteiger partial charge in [-0.05, 0) is 49.4 Å². The van der Waals surface area contributed by atoms with Gasteiger partial charge in [-0.1, -0.05) is 24.3 Å². The fourth-order valence-corrected chi connectivity index (χ4v) is 3.20. The van der Waals surface area contributed by atoms with E-state index in [2.05, 4.69) is 15.3 Å². The van der Waals surface area contributed by atoms with Crippen molar-refractivity contribution in [1.82, 2.24) is 9.97 Å². The Balaban J connectivity index is 1.59. The number of carbonyl (C=O) groups excluding carboxylic acids is 2. The van der Waals surface area contributed by atoms with Gasteiger partial charge in [-0.15, -0.1) is 0 Å². The van der Waals surface area contributed by atoms with Crippen molar-refractivity contribution in [1.29, 1.82) is 5.26 Å². The summed E-state index contributed by atoms with van der Waals surface area (Å²) < 4.78 is 5.47. The predicted molar refractivity (Wildman–Crippen MR) is 120 cm³/mol. The van der Waals surface area contributed by atoms with Crippen LogP contribution in [0.1, 0.15) is 22.8 Å². The van der Waals surface area contributed by atoms with Crippen LogP contribution in [-0.4, -0.2) is 27.9 Å². The van der Waals surface area contributed by atoms with Crippen molar-refractivity contribution in [2.24, 2.45) is 0 Å². The van der Waals surface area contributed by atoms with E-state index in [9.17, 15) is 9.59 Å². The molecule has 7 heteroatoms. The average molecular weight is 422 g/mol. The average Bonchev–Trinajstić information content (AvgIpc) is 2.83. The van der Waals surface area contributed by atoms with Gasteiger partial charge in [-0.3, -0.25) is 9.78 Å². The number of aromatic nitrogens is 2. The summed E-state index contributed by atoms with van der Waals surface area (Å²) in [5, 5.41) is 12.3. The maximum absolute atomic E-state index is 13.0. The summed E-state index contributed by atoms with van der Waals surface area (Å²) in [5.74, 6) is -1.13. The second kappa shape index (κ2) is 9.06. The van der Waals surface area contributed by atoms with Crippen molar-refractivity contribution < 1.29 is 14.3 Å². The Morgan fingerprint density at radius 2 is 1.81 bits per heavy atom. The van der Waals surface area contributed by atoms with Crippen LogP contribution in [0, 0.1) is 11.3 Å². The van der Waals surface area contributed by atoms with E-state index in [4.69, 9.17) is 10.00 Å². The number of benzene rings is 2. The topological polar surface area (TPSA) is 105 Å². The van der Waals surface area contributed by atoms with Crippen molar-refractivity contribution >= 4 is 28.5 Å². The van der Waals surface area contributed by atoms with E-state index in [1.54, 1.807) is 60.9 Å². The Hall–Kier alpha value is -4.57. The van der Waals surface area contributed by atoms with Crippen LogP contribution >= 0.6 is 0 Å². The molecule has 1 N–H and O–H groups in total. The van der Waals surface area contributed by atoms with E-state index in [0.717, 1.165) is 5.56 Å². The van der Waals surface area contributed by atoms with Crippen molar-refractivity contribution in [3.05, 3.63) is 90.3 Å². The third-order valence-corrected chi connectivity index (χ3v) is 4.82. The molecule has 7 nitrogen and oxygen atoms in total. The summed E-state index contributed by atoms with van der Waals surface area (Å²) >= 11 is 0. The van der Waals surface area contributed by atoms with E-state index < -0.39 is 18.0 Å². The number of rotatable bonds is 5. The van der Waals surface area contributed by atoms with Crippen molar-refractivity contribution in [2.75, 3.05) is 5.32 Å². The Labute approximate surface area is 184 Å². The fourth-order valence-electron chi connectivity index (χ4n) is 3.20. The number of nitriles is 1. The SMILES string of the molecule is C[C@@H](OC(=O)c1cc(-c2ccncc2)nc2ccccc12)C(=O)Nc1cccc(C#N)c1. The van der Waals surface area contributed by atoms with Crippen LogP contribution in [0.4, 0.5) is 5.69 Å². The fraction of sp³-hybridized carbons (Fsp3) is 0.0800. The van der Waals surface area contributed by atoms with E-state index in [-0.39, 0.29) is 0 Å². The maximum Gasteiger partial charge on any atom is 0.339 e. The highest BCUT2D eigenvalue weighted by molar-refractivity contribution is 6.06. The molecule has 2 aromatic heterocycles. The normalized spacial score (nSPS) is 11.4. The summed E-state index contributed by atoms with van der Waals surface area (Å²) in [6.45, 7) is 1.49. The second-order valence-electron chi connectivity index (χ2n) is 7.04. The monoisotopic (exact) mass is 422 g/mol. The van der Waals surface area contributed by atoms with Crippen molar-refractivity contribution in [2.45, 2.75) is 13.0 Å². The van der Waals surface area contributed by atoms with Gasteiger partial charge in [-0.25, -0.2) is 9.78 Å². The quantitative estimate of drug-likeness (QED) is 0.479. The molecule has 0 aliphatic carbocycles. The molecule has 0 spiro atoms. The zero-order valence-corrected chi connectivity index (χ0v) is 17.1. The third-order valence-electron chi connectivity index (χ3n) is 4.82. The van der Waals surface area contributed by atoms with E-state index >= 15 is 0 Å². The molecule has 0 unspecified atom stereocenters. The molecule has 0 bridgehead atoms. The zero-order chi connectivity index (χ0) is 22.5. The van der Waals surface area contributed by atoms with Crippen molar-refractivity contribution in [3.63, 3.8) is 0 Å². The first kappa shape index (κ1) is 20.7. The molecule has 156 valence electrons. The highest BCUT2D eigenvalue weighted by Gasteiger charge is 2.22. The predicted octanol–water partition coefficient (Wildman–Crippen LogP) is 4.35. The third kappa shape index (κ3) is 4.45. The number of hydrogen-bond donors (Lipinski definition) is 1. The Kier molecular flexibility index (Phi) is 5.86. The number of esters is 1. The van der Waals surface area contributed by atoms with Crippen LogP contribution in [0.2, 0.25) is 0 Å². The van der Waals surface area contributed by atoms with Crippen LogP contribution < -0.4 is 5.32 Å². The highest BCUT2D eigenvalue weighted by Crippen LogP contribution is 2.25. The Morgan fingerprint density at radius 1 is 1.03 bits per heavy atom. The number of pyridine rings is 2. The molecule has 0 aliphatic rings. The summed E-state index contributed by atoms with van der Waals surface area (Å²) in [6.07, 6.45) is 2.25. The van der Waals surface area contributed by atoms with Crippen LogP contribution in [-0.2, 0) is 9.53 Å². The number of amides is 1. The molecule has 0 saturated carbocycles. The Morgan fingerprint density at radius 3 is 2.59 bits per heavy atom. The second-order valence-corrected chi connectivity index (χ2v) is 7.04. The molecule has 32 heavy (non-hydrogen) atoms. The summed E-state index contributed by atoms with van der Waals surface area (Å²) in [7, 11) is 0. The lowest BCUT2D eigenvalue weighted by Crippen LogP contribution is -2.30. The summed E-state index contributed by atoms with van der Waals surface area (Å²) in [4.78, 5) is 34.2. The van der Waals surface area contributed by atoms with Crippen molar-refractivity contribution in [3.8, 4) is 17.3 Å². The first-order valence-corrected chi connectivity index (χ1v) is 9.87. The van der Waals surface area contributed by atoms with Gasteiger partial charge in [0.05, 0.1) is 28.4 Å². The first-order chi connectivity index (χ1) is 15.5. The van der Waals surface area contributed by atoms with E-state index in [1.165, 1.54) is 6.92 Å². The van der Waals surface area contributed by atoms with Gasteiger partial charge in [0.2, 0.25) is 0 Å². The minimum atomic E-state index is -1.05.